The summed E-state index contributed by atoms with van der Waals surface area (Å²) in [5.41, 5.74) is -0.914. The van der Waals surface area contributed by atoms with Crippen LogP contribution in [0.3, 0.4) is 0 Å². The van der Waals surface area contributed by atoms with Gasteiger partial charge in [0.25, 0.3) is 7.52 Å². The van der Waals surface area contributed by atoms with Gasteiger partial charge in [0.1, 0.15) is 0 Å². The lowest BCUT2D eigenvalue weighted by molar-refractivity contribution is -0.143. The van der Waals surface area contributed by atoms with Crippen molar-refractivity contribution >= 4 is 24.8 Å². The van der Waals surface area contributed by atoms with Crippen LogP contribution in [0.25, 0.3) is 0 Å². The molecule has 112 valence electrons. The van der Waals surface area contributed by atoms with E-state index in [4.69, 9.17) is 0 Å². The van der Waals surface area contributed by atoms with E-state index in [1.54, 1.807) is 41.8 Å². The fraction of sp³-hybridized carbons (Fsp3) is 0.214. The lowest BCUT2D eigenvalue weighted by atomic mass is 10.0. The van der Waals surface area contributed by atoms with E-state index in [1.807, 2.05) is 6.07 Å². The monoisotopic (exact) mass is 325 g/mol. The van der Waals surface area contributed by atoms with Crippen molar-refractivity contribution in [3.63, 3.8) is 0 Å². The van der Waals surface area contributed by atoms with Crippen LogP contribution in [0.1, 0.15) is 17.4 Å². The predicted molar refractivity (Wildman–Crippen MR) is 82.4 cm³/mol. The van der Waals surface area contributed by atoms with Crippen LogP contribution in [0.15, 0.2) is 47.8 Å². The number of rotatable bonds is 6. The average molecular weight is 325 g/mol. The van der Waals surface area contributed by atoms with Gasteiger partial charge in [0.2, 0.25) is 0 Å². The third-order valence-corrected chi connectivity index (χ3v) is 5.76. The van der Waals surface area contributed by atoms with Gasteiger partial charge in [0, 0.05) is 4.88 Å². The Hall–Kier alpha value is -1.46. The van der Waals surface area contributed by atoms with Crippen LogP contribution in [0, 0.1) is 0 Å². The summed E-state index contributed by atoms with van der Waals surface area (Å²) in [6, 6.07) is 12.2. The van der Waals surface area contributed by atoms with Crippen LogP contribution in [0.4, 0.5) is 0 Å². The normalized spacial score (nSPS) is 16.9. The van der Waals surface area contributed by atoms with Gasteiger partial charge in [-0.15, -0.1) is 11.3 Å². The number of benzene rings is 1. The van der Waals surface area contributed by atoms with E-state index in [1.165, 1.54) is 18.3 Å². The van der Waals surface area contributed by atoms with Gasteiger partial charge in [-0.05, 0) is 23.9 Å². The first-order valence-corrected chi connectivity index (χ1v) is 8.98. The summed E-state index contributed by atoms with van der Waals surface area (Å²) in [4.78, 5) is 22.2. The Morgan fingerprint density at radius 3 is 2.48 bits per heavy atom. The quantitative estimate of drug-likeness (QED) is 0.711. The molecular formula is C14H16NO4PS. The summed E-state index contributed by atoms with van der Waals surface area (Å²) in [6.45, 7) is 1.40. The van der Waals surface area contributed by atoms with Gasteiger partial charge < -0.3 is 10.00 Å². The molecule has 0 saturated heterocycles. The molecule has 5 nitrogen and oxygen atoms in total. The summed E-state index contributed by atoms with van der Waals surface area (Å²) in [6.07, 6.45) is -0.123. The number of thiophene rings is 1. The largest absolute Gasteiger partial charge is 0.480 e. The minimum Gasteiger partial charge on any atom is -0.480 e. The van der Waals surface area contributed by atoms with Crippen LogP contribution in [0.2, 0.25) is 0 Å². The van der Waals surface area contributed by atoms with Gasteiger partial charge in [-0.2, -0.15) is 0 Å². The molecule has 7 heteroatoms. The second-order valence-electron chi connectivity index (χ2n) is 4.86. The number of carbonyl (C=O) groups is 1. The first-order chi connectivity index (χ1) is 9.83. The number of aliphatic carboxylic acids is 1. The van der Waals surface area contributed by atoms with Crippen LogP contribution in [0.5, 0.6) is 0 Å². The molecular weight excluding hydrogens is 309 g/mol. The molecule has 0 amide bonds. The van der Waals surface area contributed by atoms with E-state index in [-0.39, 0.29) is 6.16 Å². The number of nitrogens with one attached hydrogen (secondary N) is 1. The minimum absolute atomic E-state index is 0.123. The standard InChI is InChI=1S/C14H16NO4PS/c1-14(13(16)17,12-8-5-9-21-12)15-20(18,19)10-11-6-3-2-4-7-11/h2-9H,10H2,1H3,(H,16,17)(H2,15,18,19). The Labute approximate surface area is 126 Å². The second kappa shape index (κ2) is 6.12. The molecule has 2 atom stereocenters. The molecule has 21 heavy (non-hydrogen) atoms. The fourth-order valence-corrected chi connectivity index (χ4v) is 4.60. The molecule has 1 heterocycles. The highest BCUT2D eigenvalue weighted by Gasteiger charge is 2.41. The van der Waals surface area contributed by atoms with Gasteiger partial charge >= 0.3 is 5.97 Å². The van der Waals surface area contributed by atoms with Crippen molar-refractivity contribution in [3.05, 3.63) is 58.3 Å². The molecule has 2 rings (SSSR count). The highest BCUT2D eigenvalue weighted by Crippen LogP contribution is 2.45. The van der Waals surface area contributed by atoms with E-state index in [0.717, 1.165) is 0 Å². The third kappa shape index (κ3) is 3.80. The van der Waals surface area contributed by atoms with Gasteiger partial charge in [-0.1, -0.05) is 36.4 Å². The smallest absolute Gasteiger partial charge is 0.329 e. The molecule has 0 aliphatic heterocycles. The average Bonchev–Trinajstić information content (AvgIpc) is 2.92. The Morgan fingerprint density at radius 1 is 1.29 bits per heavy atom. The molecule has 2 unspecified atom stereocenters. The van der Waals surface area contributed by atoms with Crippen LogP contribution >= 0.6 is 18.9 Å². The van der Waals surface area contributed by atoms with Crippen LogP contribution in [-0.2, 0) is 21.1 Å². The predicted octanol–water partition coefficient (Wildman–Crippen LogP) is 3.02. The maximum Gasteiger partial charge on any atom is 0.329 e. The lowest BCUT2D eigenvalue weighted by Gasteiger charge is -2.28. The zero-order valence-corrected chi connectivity index (χ0v) is 13.1. The first-order valence-electron chi connectivity index (χ1n) is 6.26. The summed E-state index contributed by atoms with van der Waals surface area (Å²) < 4.78 is 12.4. The molecule has 0 spiro atoms. The first kappa shape index (κ1) is 15.9. The van der Waals surface area contributed by atoms with Gasteiger partial charge in [0.15, 0.2) is 5.54 Å². The van der Waals surface area contributed by atoms with Gasteiger partial charge in [-0.25, -0.2) is 9.88 Å². The number of hydrogen-bond acceptors (Lipinski definition) is 3. The molecule has 3 N–H and O–H groups in total. The molecule has 1 aromatic heterocycles. The van der Waals surface area contributed by atoms with Crippen LogP contribution < -0.4 is 5.09 Å². The Balaban J connectivity index is 2.24. The summed E-state index contributed by atoms with van der Waals surface area (Å²) in [7, 11) is -3.86. The molecule has 0 bridgehead atoms. The van der Waals surface area contributed by atoms with Crippen molar-refractivity contribution in [2.75, 3.05) is 0 Å². The number of hydrogen-bond donors (Lipinski definition) is 3. The van der Waals surface area contributed by atoms with Gasteiger partial charge in [0.05, 0.1) is 6.16 Å². The highest BCUT2D eigenvalue weighted by atomic mass is 32.1. The zero-order chi connectivity index (χ0) is 15.5. The molecule has 0 radical (unpaired) electrons. The zero-order valence-electron chi connectivity index (χ0n) is 11.4. The maximum absolute atomic E-state index is 12.4. The minimum atomic E-state index is -3.86. The van der Waals surface area contributed by atoms with E-state index in [9.17, 15) is 19.4 Å². The molecule has 1 aromatic carbocycles. The van der Waals surface area contributed by atoms with Crippen molar-refractivity contribution in [2.24, 2.45) is 0 Å². The maximum atomic E-state index is 12.4. The Morgan fingerprint density at radius 2 is 1.95 bits per heavy atom. The lowest BCUT2D eigenvalue weighted by Crippen LogP contribution is -2.44. The summed E-state index contributed by atoms with van der Waals surface area (Å²) in [5, 5.41) is 13.6. The fourth-order valence-electron chi connectivity index (χ4n) is 1.99. The summed E-state index contributed by atoms with van der Waals surface area (Å²) in [5.74, 6) is -1.19. The number of carboxylic acids is 1. The molecule has 0 fully saturated rings. The molecule has 2 aromatic rings. The highest BCUT2D eigenvalue weighted by molar-refractivity contribution is 7.55. The van der Waals surface area contributed by atoms with Crippen molar-refractivity contribution < 1.29 is 19.4 Å². The Kier molecular flexibility index (Phi) is 4.64. The Bertz CT molecular complexity index is 659. The molecule has 0 aliphatic rings. The molecule has 0 saturated carbocycles. The van der Waals surface area contributed by atoms with Crippen LogP contribution in [-0.4, -0.2) is 16.0 Å². The van der Waals surface area contributed by atoms with E-state index >= 15 is 0 Å². The van der Waals surface area contributed by atoms with Crippen molar-refractivity contribution in [2.45, 2.75) is 18.6 Å². The van der Waals surface area contributed by atoms with E-state index in [0.29, 0.717) is 10.4 Å². The van der Waals surface area contributed by atoms with E-state index < -0.39 is 19.0 Å². The van der Waals surface area contributed by atoms with Crippen molar-refractivity contribution in [1.29, 1.82) is 0 Å². The topological polar surface area (TPSA) is 86.6 Å². The van der Waals surface area contributed by atoms with Crippen molar-refractivity contribution in [1.82, 2.24) is 5.09 Å². The second-order valence-corrected chi connectivity index (χ2v) is 7.76. The van der Waals surface area contributed by atoms with Gasteiger partial charge in [-0.3, -0.25) is 4.57 Å². The molecule has 0 aliphatic carbocycles. The van der Waals surface area contributed by atoms with E-state index in [2.05, 4.69) is 5.09 Å². The SMILES string of the molecule is CC(NP(=O)(O)Cc1ccccc1)(C(=O)O)c1cccs1. The third-order valence-electron chi connectivity index (χ3n) is 3.08. The number of carboxylic acid groups (broad SMARTS) is 1. The van der Waals surface area contributed by atoms with Crippen molar-refractivity contribution in [3.8, 4) is 0 Å². The summed E-state index contributed by atoms with van der Waals surface area (Å²) >= 11 is 1.23.